The van der Waals surface area contributed by atoms with Gasteiger partial charge in [0.05, 0.1) is 10.3 Å². The molecule has 0 saturated heterocycles. The molecule has 1 aromatic heterocycles. The van der Waals surface area contributed by atoms with Crippen molar-refractivity contribution in [3.8, 4) is 5.75 Å². The molecule has 2 aromatic rings. The Morgan fingerprint density at radius 2 is 2.19 bits per heavy atom. The van der Waals surface area contributed by atoms with E-state index in [4.69, 9.17) is 4.42 Å². The molecular weight excluding hydrogens is 284 g/mol. The number of fused-ring (bicyclic) bond motifs is 3. The number of benzene rings is 1. The average Bonchev–Trinajstić information content (AvgIpc) is 2.81. The molecule has 3 nitrogen and oxygen atoms in total. The standard InChI is InChI=1S/C17H20O3S/c1-3-4-5-6-11-8-13(18)15-12-7-10(2)21-16(12)17(19)20-14(15)9-11/h8-10,18H,3-7H2,1-2H3. The van der Waals surface area contributed by atoms with Crippen LogP contribution in [0.5, 0.6) is 5.75 Å². The SMILES string of the molecule is CCCCCc1cc(O)c2c3c(c(=O)oc2c1)SC(C)C3. The van der Waals surface area contributed by atoms with Crippen molar-refractivity contribution in [2.45, 2.75) is 56.1 Å². The summed E-state index contributed by atoms with van der Waals surface area (Å²) in [7, 11) is 0. The van der Waals surface area contributed by atoms with Gasteiger partial charge in [0, 0.05) is 5.25 Å². The molecule has 0 bridgehead atoms. The number of phenolic OH excluding ortho intramolecular Hbond substituents is 1. The van der Waals surface area contributed by atoms with Crippen molar-refractivity contribution in [2.24, 2.45) is 0 Å². The van der Waals surface area contributed by atoms with Gasteiger partial charge >= 0.3 is 5.63 Å². The number of hydrogen-bond donors (Lipinski definition) is 1. The monoisotopic (exact) mass is 304 g/mol. The van der Waals surface area contributed by atoms with Gasteiger partial charge in [-0.3, -0.25) is 0 Å². The molecule has 1 aliphatic heterocycles. The molecule has 1 atom stereocenters. The van der Waals surface area contributed by atoms with Crippen molar-refractivity contribution < 1.29 is 9.52 Å². The van der Waals surface area contributed by atoms with Gasteiger partial charge in [0.15, 0.2) is 0 Å². The highest BCUT2D eigenvalue weighted by atomic mass is 32.2. The highest BCUT2D eigenvalue weighted by Crippen LogP contribution is 2.41. The van der Waals surface area contributed by atoms with Gasteiger partial charge in [0.1, 0.15) is 11.3 Å². The lowest BCUT2D eigenvalue weighted by Gasteiger charge is -2.08. The van der Waals surface area contributed by atoms with E-state index < -0.39 is 0 Å². The molecule has 2 heterocycles. The second-order valence-corrected chi connectivity index (χ2v) is 7.22. The molecule has 21 heavy (non-hydrogen) atoms. The van der Waals surface area contributed by atoms with Crippen molar-refractivity contribution in [2.75, 3.05) is 0 Å². The fraction of sp³-hybridized carbons (Fsp3) is 0.471. The Balaban J connectivity index is 2.09. The second-order valence-electron chi connectivity index (χ2n) is 5.77. The Morgan fingerprint density at radius 3 is 2.95 bits per heavy atom. The summed E-state index contributed by atoms with van der Waals surface area (Å²) in [6.07, 6.45) is 5.13. The van der Waals surface area contributed by atoms with Crippen LogP contribution in [0.15, 0.2) is 26.2 Å². The van der Waals surface area contributed by atoms with Crippen LogP contribution < -0.4 is 5.63 Å². The van der Waals surface area contributed by atoms with Crippen LogP contribution in [0.3, 0.4) is 0 Å². The number of rotatable bonds is 4. The Kier molecular flexibility index (Phi) is 3.98. The third kappa shape index (κ3) is 2.69. The van der Waals surface area contributed by atoms with Crippen molar-refractivity contribution >= 4 is 22.7 Å². The van der Waals surface area contributed by atoms with Crippen LogP contribution in [-0.4, -0.2) is 10.4 Å². The first-order chi connectivity index (χ1) is 10.1. The topological polar surface area (TPSA) is 50.4 Å². The zero-order valence-electron chi connectivity index (χ0n) is 12.4. The summed E-state index contributed by atoms with van der Waals surface area (Å²) in [4.78, 5) is 12.8. The molecule has 1 aliphatic rings. The van der Waals surface area contributed by atoms with Gasteiger partial charge in [0.2, 0.25) is 0 Å². The summed E-state index contributed by atoms with van der Waals surface area (Å²) in [5.74, 6) is 0.244. The molecule has 1 N–H and O–H groups in total. The first kappa shape index (κ1) is 14.5. The van der Waals surface area contributed by atoms with E-state index in [0.29, 0.717) is 15.7 Å². The van der Waals surface area contributed by atoms with Crippen LogP contribution in [0.1, 0.15) is 44.2 Å². The number of unbranched alkanes of at least 4 members (excludes halogenated alkanes) is 2. The first-order valence-corrected chi connectivity index (χ1v) is 8.46. The number of hydrogen-bond acceptors (Lipinski definition) is 4. The summed E-state index contributed by atoms with van der Waals surface area (Å²) in [6.45, 7) is 4.26. The maximum Gasteiger partial charge on any atom is 0.350 e. The van der Waals surface area contributed by atoms with Gasteiger partial charge in [-0.2, -0.15) is 0 Å². The molecule has 112 valence electrons. The van der Waals surface area contributed by atoms with E-state index >= 15 is 0 Å². The lowest BCUT2D eigenvalue weighted by molar-refractivity contribution is 0.476. The number of phenols is 1. The van der Waals surface area contributed by atoms with Gasteiger partial charge < -0.3 is 9.52 Å². The first-order valence-electron chi connectivity index (χ1n) is 7.58. The van der Waals surface area contributed by atoms with Gasteiger partial charge in [-0.25, -0.2) is 4.79 Å². The smallest absolute Gasteiger partial charge is 0.350 e. The normalized spacial score (nSPS) is 17.3. The van der Waals surface area contributed by atoms with E-state index in [2.05, 4.69) is 13.8 Å². The van der Waals surface area contributed by atoms with E-state index in [1.54, 1.807) is 11.8 Å². The van der Waals surface area contributed by atoms with Crippen LogP contribution in [0, 0.1) is 0 Å². The van der Waals surface area contributed by atoms with Crippen LogP contribution in [0.4, 0.5) is 0 Å². The predicted octanol–water partition coefficient (Wildman–Crippen LogP) is 4.27. The molecule has 0 saturated carbocycles. The zero-order chi connectivity index (χ0) is 15.0. The lowest BCUT2D eigenvalue weighted by Crippen LogP contribution is -2.03. The molecule has 0 radical (unpaired) electrons. The minimum absolute atomic E-state index is 0.244. The lowest BCUT2D eigenvalue weighted by atomic mass is 10.0. The minimum Gasteiger partial charge on any atom is -0.507 e. The Hall–Kier alpha value is -1.42. The van der Waals surface area contributed by atoms with E-state index in [1.807, 2.05) is 12.1 Å². The molecule has 0 amide bonds. The van der Waals surface area contributed by atoms with Crippen molar-refractivity contribution in [3.05, 3.63) is 33.7 Å². The maximum absolute atomic E-state index is 12.1. The fourth-order valence-electron chi connectivity index (χ4n) is 2.99. The second kappa shape index (κ2) is 5.76. The van der Waals surface area contributed by atoms with Crippen molar-refractivity contribution in [1.82, 2.24) is 0 Å². The van der Waals surface area contributed by atoms with Crippen LogP contribution in [-0.2, 0) is 12.8 Å². The molecule has 4 heteroatoms. The van der Waals surface area contributed by atoms with Crippen LogP contribution in [0.2, 0.25) is 0 Å². The van der Waals surface area contributed by atoms with E-state index in [-0.39, 0.29) is 11.4 Å². The third-order valence-corrected chi connectivity index (χ3v) is 5.20. The molecule has 0 aliphatic carbocycles. The van der Waals surface area contributed by atoms with E-state index in [1.165, 1.54) is 6.42 Å². The van der Waals surface area contributed by atoms with Gasteiger partial charge in [-0.15, -0.1) is 11.8 Å². The molecular formula is C17H20O3S. The van der Waals surface area contributed by atoms with Gasteiger partial charge in [0.25, 0.3) is 0 Å². The largest absolute Gasteiger partial charge is 0.507 e. The average molecular weight is 304 g/mol. The Bertz CT molecular complexity index is 733. The van der Waals surface area contributed by atoms with Gasteiger partial charge in [-0.05, 0) is 42.5 Å². The quantitative estimate of drug-likeness (QED) is 0.677. The van der Waals surface area contributed by atoms with Crippen molar-refractivity contribution in [1.29, 1.82) is 0 Å². The number of thioether (sulfide) groups is 1. The summed E-state index contributed by atoms with van der Waals surface area (Å²) >= 11 is 1.54. The third-order valence-electron chi connectivity index (χ3n) is 3.98. The Morgan fingerprint density at radius 1 is 1.38 bits per heavy atom. The predicted molar refractivity (Wildman–Crippen MR) is 86.4 cm³/mol. The van der Waals surface area contributed by atoms with Crippen LogP contribution in [0.25, 0.3) is 11.0 Å². The van der Waals surface area contributed by atoms with E-state index in [9.17, 15) is 9.90 Å². The zero-order valence-corrected chi connectivity index (χ0v) is 13.3. The Labute approximate surface area is 128 Å². The highest BCUT2D eigenvalue weighted by molar-refractivity contribution is 8.00. The van der Waals surface area contributed by atoms with E-state index in [0.717, 1.165) is 42.2 Å². The summed E-state index contributed by atoms with van der Waals surface area (Å²) < 4.78 is 5.44. The summed E-state index contributed by atoms with van der Waals surface area (Å²) in [5.41, 5.74) is 2.25. The van der Waals surface area contributed by atoms with Gasteiger partial charge in [-0.1, -0.05) is 26.7 Å². The molecule has 1 aromatic carbocycles. The fourth-order valence-corrected chi connectivity index (χ4v) is 4.11. The summed E-state index contributed by atoms with van der Waals surface area (Å²) in [5, 5.41) is 11.5. The molecule has 0 fully saturated rings. The van der Waals surface area contributed by atoms with Crippen LogP contribution >= 0.6 is 11.8 Å². The molecule has 0 spiro atoms. The number of aryl methyl sites for hydroxylation is 1. The maximum atomic E-state index is 12.1. The minimum atomic E-state index is -0.267. The molecule has 1 unspecified atom stereocenters. The van der Waals surface area contributed by atoms with Crippen molar-refractivity contribution in [3.63, 3.8) is 0 Å². The highest BCUT2D eigenvalue weighted by Gasteiger charge is 2.27. The number of aromatic hydroxyl groups is 1. The molecule has 3 rings (SSSR count). The summed E-state index contributed by atoms with van der Waals surface area (Å²) in [6, 6.07) is 3.74.